The van der Waals surface area contributed by atoms with Crippen molar-refractivity contribution in [3.63, 3.8) is 0 Å². The van der Waals surface area contributed by atoms with Crippen LogP contribution >= 0.6 is 0 Å². The van der Waals surface area contributed by atoms with E-state index in [9.17, 15) is 0 Å². The number of likely N-dealkylation sites (tertiary alicyclic amines) is 1. The van der Waals surface area contributed by atoms with Crippen molar-refractivity contribution in [2.75, 3.05) is 26.2 Å². The van der Waals surface area contributed by atoms with Gasteiger partial charge in [-0.15, -0.1) is 0 Å². The first-order chi connectivity index (χ1) is 7.74. The Hall–Kier alpha value is -0.0800. The molecule has 1 saturated carbocycles. The van der Waals surface area contributed by atoms with Gasteiger partial charge >= 0.3 is 0 Å². The van der Waals surface area contributed by atoms with Crippen molar-refractivity contribution in [3.05, 3.63) is 0 Å². The Bertz CT molecular complexity index is 189. The molecule has 2 aliphatic rings. The molecule has 0 spiro atoms. The molecule has 0 aromatic rings. The van der Waals surface area contributed by atoms with Crippen molar-refractivity contribution in [1.82, 2.24) is 10.2 Å². The molecule has 1 aliphatic carbocycles. The van der Waals surface area contributed by atoms with Gasteiger partial charge in [-0.05, 0) is 57.0 Å². The van der Waals surface area contributed by atoms with Crippen LogP contribution in [0, 0.1) is 11.8 Å². The highest BCUT2D eigenvalue weighted by Crippen LogP contribution is 2.28. The molecule has 1 heterocycles. The molecule has 16 heavy (non-hydrogen) atoms. The van der Waals surface area contributed by atoms with Crippen LogP contribution in [0.3, 0.4) is 0 Å². The summed E-state index contributed by atoms with van der Waals surface area (Å²) in [4.78, 5) is 2.60. The van der Waals surface area contributed by atoms with Gasteiger partial charge in [0.1, 0.15) is 0 Å². The summed E-state index contributed by atoms with van der Waals surface area (Å²) < 4.78 is 0. The van der Waals surface area contributed by atoms with E-state index in [0.29, 0.717) is 0 Å². The smallest absolute Gasteiger partial charge is 0.0107 e. The first-order valence-electron chi connectivity index (χ1n) is 7.20. The molecule has 1 aliphatic heterocycles. The monoisotopic (exact) mass is 224 g/mol. The van der Waals surface area contributed by atoms with Gasteiger partial charge in [0, 0.05) is 19.1 Å². The highest BCUT2D eigenvalue weighted by atomic mass is 15.2. The lowest BCUT2D eigenvalue weighted by molar-refractivity contribution is 0.230. The lowest BCUT2D eigenvalue weighted by atomic mass is 9.80. The third-order valence-electron chi connectivity index (χ3n) is 4.24. The van der Waals surface area contributed by atoms with Gasteiger partial charge in [0.05, 0.1) is 0 Å². The van der Waals surface area contributed by atoms with E-state index >= 15 is 0 Å². The highest BCUT2D eigenvalue weighted by molar-refractivity contribution is 4.80. The van der Waals surface area contributed by atoms with Gasteiger partial charge < -0.3 is 10.2 Å². The van der Waals surface area contributed by atoms with Crippen LogP contribution in [0.2, 0.25) is 0 Å². The number of rotatable bonds is 4. The zero-order valence-corrected chi connectivity index (χ0v) is 11.0. The largest absolute Gasteiger partial charge is 0.313 e. The first-order valence-corrected chi connectivity index (χ1v) is 7.20. The molecule has 1 saturated heterocycles. The van der Waals surface area contributed by atoms with E-state index in [4.69, 9.17) is 0 Å². The summed E-state index contributed by atoms with van der Waals surface area (Å²) in [5.41, 5.74) is 0. The van der Waals surface area contributed by atoms with E-state index < -0.39 is 0 Å². The van der Waals surface area contributed by atoms with Crippen molar-refractivity contribution in [2.45, 2.75) is 52.0 Å². The summed E-state index contributed by atoms with van der Waals surface area (Å²) in [5, 5.41) is 3.77. The summed E-state index contributed by atoms with van der Waals surface area (Å²) in [7, 11) is 0. The number of nitrogens with zero attached hydrogens (tertiary/aromatic N) is 1. The molecule has 2 nitrogen and oxygen atoms in total. The summed E-state index contributed by atoms with van der Waals surface area (Å²) in [5.74, 6) is 1.85. The van der Waals surface area contributed by atoms with Crippen molar-refractivity contribution >= 4 is 0 Å². The maximum atomic E-state index is 3.77. The topological polar surface area (TPSA) is 15.3 Å². The average molecular weight is 224 g/mol. The standard InChI is InChI=1S/C14H28N2/c1-12-9-13(2)11-14(10-12)15-5-8-16-6-3-4-7-16/h12-15H,3-11H2,1-2H3. The Morgan fingerprint density at radius 2 is 1.62 bits per heavy atom. The molecule has 0 radical (unpaired) electrons. The predicted molar refractivity (Wildman–Crippen MR) is 69.6 cm³/mol. The number of nitrogens with one attached hydrogen (secondary N) is 1. The normalized spacial score (nSPS) is 36.8. The summed E-state index contributed by atoms with van der Waals surface area (Å²) >= 11 is 0. The molecule has 0 amide bonds. The molecule has 2 heteroatoms. The van der Waals surface area contributed by atoms with Gasteiger partial charge in [-0.1, -0.05) is 13.8 Å². The Morgan fingerprint density at radius 1 is 1.00 bits per heavy atom. The van der Waals surface area contributed by atoms with E-state index in [2.05, 4.69) is 24.1 Å². The van der Waals surface area contributed by atoms with Crippen LogP contribution in [-0.2, 0) is 0 Å². The van der Waals surface area contributed by atoms with Gasteiger partial charge in [-0.2, -0.15) is 0 Å². The third kappa shape index (κ3) is 3.74. The van der Waals surface area contributed by atoms with Crippen LogP contribution in [0.15, 0.2) is 0 Å². The number of hydrogen-bond donors (Lipinski definition) is 1. The average Bonchev–Trinajstić information content (AvgIpc) is 2.69. The van der Waals surface area contributed by atoms with E-state index in [-0.39, 0.29) is 0 Å². The second kappa shape index (κ2) is 6.02. The van der Waals surface area contributed by atoms with Crippen molar-refractivity contribution in [3.8, 4) is 0 Å². The maximum absolute atomic E-state index is 3.77. The molecule has 0 aromatic carbocycles. The second-order valence-corrected chi connectivity index (χ2v) is 6.12. The van der Waals surface area contributed by atoms with Crippen molar-refractivity contribution in [2.24, 2.45) is 11.8 Å². The van der Waals surface area contributed by atoms with Crippen LogP contribution in [0.5, 0.6) is 0 Å². The molecular weight excluding hydrogens is 196 g/mol. The van der Waals surface area contributed by atoms with Crippen molar-refractivity contribution in [1.29, 1.82) is 0 Å². The Kier molecular flexibility index (Phi) is 4.66. The Balaban J connectivity index is 1.61. The molecule has 1 N–H and O–H groups in total. The molecule has 0 bridgehead atoms. The molecule has 2 rings (SSSR count). The number of hydrogen-bond acceptors (Lipinski definition) is 2. The first kappa shape index (κ1) is 12.4. The van der Waals surface area contributed by atoms with Gasteiger partial charge in [-0.25, -0.2) is 0 Å². The fraction of sp³-hybridized carbons (Fsp3) is 1.00. The lowest BCUT2D eigenvalue weighted by Crippen LogP contribution is -2.40. The minimum Gasteiger partial charge on any atom is -0.313 e. The SMILES string of the molecule is CC1CC(C)CC(NCCN2CCCC2)C1. The zero-order valence-electron chi connectivity index (χ0n) is 11.0. The fourth-order valence-corrected chi connectivity index (χ4v) is 3.55. The Labute approximate surface area is 101 Å². The lowest BCUT2D eigenvalue weighted by Gasteiger charge is -2.32. The predicted octanol–water partition coefficient (Wildman–Crippen LogP) is 2.50. The van der Waals surface area contributed by atoms with Crippen LogP contribution < -0.4 is 5.32 Å². The quantitative estimate of drug-likeness (QED) is 0.789. The van der Waals surface area contributed by atoms with Crippen LogP contribution in [0.4, 0.5) is 0 Å². The molecule has 2 fully saturated rings. The van der Waals surface area contributed by atoms with E-state index in [1.54, 1.807) is 0 Å². The molecular formula is C14H28N2. The van der Waals surface area contributed by atoms with E-state index in [1.807, 2.05) is 0 Å². The molecule has 2 unspecified atom stereocenters. The summed E-state index contributed by atoms with van der Waals surface area (Å²) in [6.45, 7) is 9.94. The third-order valence-corrected chi connectivity index (χ3v) is 4.24. The van der Waals surface area contributed by atoms with Gasteiger partial charge in [0.2, 0.25) is 0 Å². The zero-order chi connectivity index (χ0) is 11.4. The van der Waals surface area contributed by atoms with Gasteiger partial charge in [-0.3, -0.25) is 0 Å². The van der Waals surface area contributed by atoms with Crippen LogP contribution in [0.25, 0.3) is 0 Å². The summed E-state index contributed by atoms with van der Waals surface area (Å²) in [6.07, 6.45) is 7.05. The van der Waals surface area contributed by atoms with Gasteiger partial charge in [0.25, 0.3) is 0 Å². The van der Waals surface area contributed by atoms with Crippen LogP contribution in [0.1, 0.15) is 46.0 Å². The molecule has 94 valence electrons. The minimum absolute atomic E-state index is 0.793. The van der Waals surface area contributed by atoms with E-state index in [1.165, 1.54) is 58.3 Å². The molecule has 0 aromatic heterocycles. The van der Waals surface area contributed by atoms with E-state index in [0.717, 1.165) is 17.9 Å². The van der Waals surface area contributed by atoms with Crippen LogP contribution in [-0.4, -0.2) is 37.1 Å². The second-order valence-electron chi connectivity index (χ2n) is 6.12. The van der Waals surface area contributed by atoms with Gasteiger partial charge in [0.15, 0.2) is 0 Å². The minimum atomic E-state index is 0.793. The van der Waals surface area contributed by atoms with Crippen molar-refractivity contribution < 1.29 is 0 Å². The fourth-order valence-electron chi connectivity index (χ4n) is 3.55. The maximum Gasteiger partial charge on any atom is 0.0107 e. The molecule has 2 atom stereocenters. The Morgan fingerprint density at radius 3 is 2.25 bits per heavy atom. The summed E-state index contributed by atoms with van der Waals surface area (Å²) in [6, 6.07) is 0.793. The highest BCUT2D eigenvalue weighted by Gasteiger charge is 2.23.